The molecule has 0 fully saturated rings. The van der Waals surface area contributed by atoms with Crippen LogP contribution in [0.3, 0.4) is 0 Å². The summed E-state index contributed by atoms with van der Waals surface area (Å²) < 4.78 is 42.6. The van der Waals surface area contributed by atoms with Crippen LogP contribution < -0.4 is 10.1 Å². The van der Waals surface area contributed by atoms with Crippen LogP contribution in [0.15, 0.2) is 22.7 Å². The number of rotatable bonds is 6. The van der Waals surface area contributed by atoms with Gasteiger partial charge in [0.25, 0.3) is 0 Å². The van der Waals surface area contributed by atoms with Crippen molar-refractivity contribution in [2.24, 2.45) is 0 Å². The topological polar surface area (TPSA) is 21.3 Å². The second-order valence-corrected chi connectivity index (χ2v) is 5.15. The normalized spacial score (nSPS) is 13.4. The largest absolute Gasteiger partial charge is 0.496 e. The molecule has 0 aromatic heterocycles. The van der Waals surface area contributed by atoms with Gasteiger partial charge in [0.2, 0.25) is 0 Å². The Morgan fingerprint density at radius 3 is 2.58 bits per heavy atom. The maximum atomic E-state index is 12.2. The zero-order valence-electron chi connectivity index (χ0n) is 10.9. The highest BCUT2D eigenvalue weighted by molar-refractivity contribution is 9.10. The van der Waals surface area contributed by atoms with E-state index in [1.807, 2.05) is 18.2 Å². The minimum absolute atomic E-state index is 0.0915. The number of hydrogen-bond donors (Lipinski definition) is 1. The quantitative estimate of drug-likeness (QED) is 0.826. The Labute approximate surface area is 119 Å². The standard InChI is InChI=1S/C13H17BrF3NO/c1-18-11(4-3-7-13(15,16)17)10-6-5-9(14)8-12(10)19-2/h5-6,8,11,18H,3-4,7H2,1-2H3. The predicted molar refractivity (Wildman–Crippen MR) is 72.4 cm³/mol. The molecule has 1 N–H and O–H groups in total. The summed E-state index contributed by atoms with van der Waals surface area (Å²) in [5, 5.41) is 3.04. The van der Waals surface area contributed by atoms with Crippen LogP contribution in [0.1, 0.15) is 30.9 Å². The molecular weight excluding hydrogens is 323 g/mol. The van der Waals surface area contributed by atoms with Gasteiger partial charge in [-0.3, -0.25) is 0 Å². The molecule has 1 rings (SSSR count). The number of hydrogen-bond acceptors (Lipinski definition) is 2. The van der Waals surface area contributed by atoms with Crippen molar-refractivity contribution in [3.63, 3.8) is 0 Å². The van der Waals surface area contributed by atoms with E-state index in [1.165, 1.54) is 0 Å². The molecule has 2 nitrogen and oxygen atoms in total. The van der Waals surface area contributed by atoms with E-state index < -0.39 is 12.6 Å². The Balaban J connectivity index is 2.74. The van der Waals surface area contributed by atoms with Gasteiger partial charge >= 0.3 is 6.18 Å². The van der Waals surface area contributed by atoms with Crippen molar-refractivity contribution in [1.82, 2.24) is 5.32 Å². The van der Waals surface area contributed by atoms with Gasteiger partial charge in [-0.1, -0.05) is 22.0 Å². The number of methoxy groups -OCH3 is 1. The van der Waals surface area contributed by atoms with Crippen LogP contribution in [0.5, 0.6) is 5.75 Å². The molecule has 1 aromatic rings. The molecule has 0 spiro atoms. The van der Waals surface area contributed by atoms with E-state index in [4.69, 9.17) is 4.74 Å². The predicted octanol–water partition coefficient (Wildman–Crippen LogP) is 4.45. The summed E-state index contributed by atoms with van der Waals surface area (Å²) >= 11 is 3.34. The molecule has 0 radical (unpaired) electrons. The molecule has 0 aliphatic rings. The number of alkyl halides is 3. The van der Waals surface area contributed by atoms with E-state index in [-0.39, 0.29) is 12.5 Å². The molecular formula is C13H17BrF3NO. The Hall–Kier alpha value is -0.750. The minimum atomic E-state index is -4.10. The van der Waals surface area contributed by atoms with Gasteiger partial charge in [-0.2, -0.15) is 13.2 Å². The summed E-state index contributed by atoms with van der Waals surface area (Å²) in [5.74, 6) is 0.667. The van der Waals surface area contributed by atoms with E-state index in [0.717, 1.165) is 10.0 Å². The molecule has 0 saturated heterocycles. The third kappa shape index (κ3) is 5.40. The Morgan fingerprint density at radius 1 is 1.37 bits per heavy atom. The fraction of sp³-hybridized carbons (Fsp3) is 0.538. The number of halogens is 4. The van der Waals surface area contributed by atoms with Crippen LogP contribution >= 0.6 is 15.9 Å². The first-order valence-corrected chi connectivity index (χ1v) is 6.74. The summed E-state index contributed by atoms with van der Waals surface area (Å²) in [7, 11) is 3.29. The Kier molecular flexibility index (Phi) is 6.13. The van der Waals surface area contributed by atoms with Crippen LogP contribution in [-0.4, -0.2) is 20.3 Å². The lowest BCUT2D eigenvalue weighted by molar-refractivity contribution is -0.135. The van der Waals surface area contributed by atoms with Crippen molar-refractivity contribution in [2.45, 2.75) is 31.5 Å². The average molecular weight is 340 g/mol. The number of benzene rings is 1. The summed E-state index contributed by atoms with van der Waals surface area (Å²) in [6, 6.07) is 5.37. The average Bonchev–Trinajstić information content (AvgIpc) is 2.34. The molecule has 19 heavy (non-hydrogen) atoms. The highest BCUT2D eigenvalue weighted by Crippen LogP contribution is 2.32. The maximum Gasteiger partial charge on any atom is 0.389 e. The second-order valence-electron chi connectivity index (χ2n) is 4.23. The zero-order chi connectivity index (χ0) is 14.5. The van der Waals surface area contributed by atoms with Crippen LogP contribution in [-0.2, 0) is 0 Å². The molecule has 0 amide bonds. The van der Waals surface area contributed by atoms with E-state index in [9.17, 15) is 13.2 Å². The van der Waals surface area contributed by atoms with Crippen molar-refractivity contribution < 1.29 is 17.9 Å². The van der Waals surface area contributed by atoms with Crippen molar-refractivity contribution in [1.29, 1.82) is 0 Å². The SMILES string of the molecule is CNC(CCCC(F)(F)F)c1ccc(Br)cc1OC. The van der Waals surface area contributed by atoms with Crippen molar-refractivity contribution >= 4 is 15.9 Å². The molecule has 108 valence electrons. The Bertz CT molecular complexity index is 409. The molecule has 0 saturated carbocycles. The Morgan fingerprint density at radius 2 is 2.05 bits per heavy atom. The van der Waals surface area contributed by atoms with Gasteiger partial charge in [-0.25, -0.2) is 0 Å². The van der Waals surface area contributed by atoms with Crippen LogP contribution in [0, 0.1) is 0 Å². The monoisotopic (exact) mass is 339 g/mol. The fourth-order valence-electron chi connectivity index (χ4n) is 1.93. The molecule has 0 bridgehead atoms. The molecule has 1 aromatic carbocycles. The van der Waals surface area contributed by atoms with Crippen molar-refractivity contribution in [3.05, 3.63) is 28.2 Å². The van der Waals surface area contributed by atoms with Gasteiger partial charge < -0.3 is 10.1 Å². The molecule has 0 aliphatic carbocycles. The fourth-order valence-corrected chi connectivity index (χ4v) is 2.27. The van der Waals surface area contributed by atoms with Crippen molar-refractivity contribution in [3.8, 4) is 5.75 Å². The van der Waals surface area contributed by atoms with Crippen molar-refractivity contribution in [2.75, 3.05) is 14.2 Å². The first kappa shape index (κ1) is 16.3. The lowest BCUT2D eigenvalue weighted by Crippen LogP contribution is -2.18. The van der Waals surface area contributed by atoms with Crippen LogP contribution in [0.2, 0.25) is 0 Å². The highest BCUT2D eigenvalue weighted by Gasteiger charge is 2.27. The molecule has 1 atom stereocenters. The minimum Gasteiger partial charge on any atom is -0.496 e. The van der Waals surface area contributed by atoms with E-state index in [0.29, 0.717) is 12.2 Å². The number of ether oxygens (including phenoxy) is 1. The summed E-state index contributed by atoms with van der Waals surface area (Å²) in [6.45, 7) is 0. The van der Waals surface area contributed by atoms with Gasteiger partial charge in [-0.15, -0.1) is 0 Å². The summed E-state index contributed by atoms with van der Waals surface area (Å²) in [4.78, 5) is 0. The molecule has 0 aliphatic heterocycles. The maximum absolute atomic E-state index is 12.2. The van der Waals surface area contributed by atoms with Gasteiger partial charge in [0, 0.05) is 22.5 Å². The molecule has 1 unspecified atom stereocenters. The van der Waals surface area contributed by atoms with Gasteiger partial charge in [-0.05, 0) is 32.0 Å². The molecule has 0 heterocycles. The second kappa shape index (κ2) is 7.14. The number of nitrogens with one attached hydrogen (secondary N) is 1. The van der Waals surface area contributed by atoms with Crippen LogP contribution in [0.25, 0.3) is 0 Å². The first-order chi connectivity index (χ1) is 8.87. The highest BCUT2D eigenvalue weighted by atomic mass is 79.9. The lowest BCUT2D eigenvalue weighted by atomic mass is 10.00. The van der Waals surface area contributed by atoms with Gasteiger partial charge in [0.05, 0.1) is 7.11 Å². The van der Waals surface area contributed by atoms with E-state index in [2.05, 4.69) is 21.2 Å². The summed E-state index contributed by atoms with van der Waals surface area (Å²) in [5.41, 5.74) is 0.871. The van der Waals surface area contributed by atoms with E-state index in [1.54, 1.807) is 14.2 Å². The van der Waals surface area contributed by atoms with E-state index >= 15 is 0 Å². The van der Waals surface area contributed by atoms with Gasteiger partial charge in [0.15, 0.2) is 0 Å². The summed E-state index contributed by atoms with van der Waals surface area (Å²) in [6.07, 6.45) is -4.35. The van der Waals surface area contributed by atoms with Gasteiger partial charge in [0.1, 0.15) is 5.75 Å². The smallest absolute Gasteiger partial charge is 0.389 e. The third-order valence-corrected chi connectivity index (χ3v) is 3.37. The van der Waals surface area contributed by atoms with Crippen LogP contribution in [0.4, 0.5) is 13.2 Å². The zero-order valence-corrected chi connectivity index (χ0v) is 12.4. The third-order valence-electron chi connectivity index (χ3n) is 2.87. The first-order valence-electron chi connectivity index (χ1n) is 5.95. The lowest BCUT2D eigenvalue weighted by Gasteiger charge is -2.20. The molecule has 6 heteroatoms.